The normalized spacial score (nSPS) is 20.7. The number of carboxylic acids is 1. The summed E-state index contributed by atoms with van der Waals surface area (Å²) in [5, 5.41) is 9.09. The van der Waals surface area contributed by atoms with E-state index in [4.69, 9.17) is 5.11 Å². The van der Waals surface area contributed by atoms with Gasteiger partial charge in [0, 0.05) is 13.1 Å². The van der Waals surface area contributed by atoms with Crippen molar-refractivity contribution in [2.24, 2.45) is 5.92 Å². The van der Waals surface area contributed by atoms with E-state index >= 15 is 0 Å². The number of piperidine rings is 1. The minimum Gasteiger partial charge on any atom is -0.481 e. The van der Waals surface area contributed by atoms with E-state index in [2.05, 4.69) is 43.0 Å². The van der Waals surface area contributed by atoms with E-state index in [1.54, 1.807) is 0 Å². The molecule has 19 heavy (non-hydrogen) atoms. The molecule has 1 aromatic carbocycles. The second-order valence-corrected chi connectivity index (χ2v) is 5.81. The van der Waals surface area contributed by atoms with E-state index in [9.17, 15) is 4.79 Å². The second-order valence-electron chi connectivity index (χ2n) is 5.81. The van der Waals surface area contributed by atoms with Crippen molar-refractivity contribution in [3.63, 3.8) is 0 Å². The van der Waals surface area contributed by atoms with Gasteiger partial charge in [-0.1, -0.05) is 38.1 Å². The number of likely N-dealkylation sites (tertiary alicyclic amines) is 1. The zero-order valence-corrected chi connectivity index (χ0v) is 11.8. The smallest absolute Gasteiger partial charge is 0.307 e. The highest BCUT2D eigenvalue weighted by Gasteiger charge is 2.25. The Kier molecular flexibility index (Phi) is 4.59. The summed E-state index contributed by atoms with van der Waals surface area (Å²) in [7, 11) is 0. The molecule has 0 saturated carbocycles. The molecule has 1 N–H and O–H groups in total. The van der Waals surface area contributed by atoms with Gasteiger partial charge in [-0.3, -0.25) is 9.69 Å². The molecule has 0 bridgehead atoms. The summed E-state index contributed by atoms with van der Waals surface area (Å²) in [5.74, 6) is -0.288. The fourth-order valence-electron chi connectivity index (χ4n) is 2.67. The lowest BCUT2D eigenvalue weighted by Crippen LogP contribution is -2.38. The highest BCUT2D eigenvalue weighted by Crippen LogP contribution is 2.20. The van der Waals surface area contributed by atoms with E-state index < -0.39 is 5.97 Å². The number of benzene rings is 1. The fourth-order valence-corrected chi connectivity index (χ4v) is 2.67. The SMILES string of the molecule is CC(C)c1ccc(CN2CCC[C@@H](C(=O)O)C2)cc1. The molecule has 1 fully saturated rings. The lowest BCUT2D eigenvalue weighted by molar-refractivity contribution is -0.143. The summed E-state index contributed by atoms with van der Waals surface area (Å²) < 4.78 is 0. The first-order valence-corrected chi connectivity index (χ1v) is 7.10. The topological polar surface area (TPSA) is 40.5 Å². The Bertz CT molecular complexity index is 425. The van der Waals surface area contributed by atoms with Crippen molar-refractivity contribution in [2.45, 2.75) is 39.2 Å². The van der Waals surface area contributed by atoms with Gasteiger partial charge in [0.2, 0.25) is 0 Å². The minimum absolute atomic E-state index is 0.191. The average Bonchev–Trinajstić information content (AvgIpc) is 2.39. The van der Waals surface area contributed by atoms with Crippen LogP contribution >= 0.6 is 0 Å². The van der Waals surface area contributed by atoms with Crippen LogP contribution in [0.1, 0.15) is 43.7 Å². The number of carboxylic acid groups (broad SMARTS) is 1. The molecule has 3 nitrogen and oxygen atoms in total. The van der Waals surface area contributed by atoms with Gasteiger partial charge >= 0.3 is 5.97 Å². The quantitative estimate of drug-likeness (QED) is 0.905. The first-order chi connectivity index (χ1) is 9.06. The molecular weight excluding hydrogens is 238 g/mol. The van der Waals surface area contributed by atoms with Crippen molar-refractivity contribution in [3.05, 3.63) is 35.4 Å². The van der Waals surface area contributed by atoms with E-state index in [0.717, 1.165) is 25.9 Å². The number of rotatable bonds is 4. The zero-order chi connectivity index (χ0) is 13.8. The standard InChI is InChI=1S/C16H23NO2/c1-12(2)14-7-5-13(6-8-14)10-17-9-3-4-15(11-17)16(18)19/h5-8,12,15H,3-4,9-11H2,1-2H3,(H,18,19)/t15-/m1/s1. The summed E-state index contributed by atoms with van der Waals surface area (Å²) in [5.41, 5.74) is 2.63. The lowest BCUT2D eigenvalue weighted by atomic mass is 9.97. The lowest BCUT2D eigenvalue weighted by Gasteiger charge is -2.30. The van der Waals surface area contributed by atoms with Crippen molar-refractivity contribution in [3.8, 4) is 0 Å². The van der Waals surface area contributed by atoms with Crippen molar-refractivity contribution in [1.29, 1.82) is 0 Å². The summed E-state index contributed by atoms with van der Waals surface area (Å²) in [6.45, 7) is 6.94. The molecule has 0 unspecified atom stereocenters. The maximum Gasteiger partial charge on any atom is 0.307 e. The molecule has 0 aromatic heterocycles. The predicted molar refractivity (Wildman–Crippen MR) is 76.2 cm³/mol. The molecule has 0 radical (unpaired) electrons. The van der Waals surface area contributed by atoms with Crippen LogP contribution in [0.4, 0.5) is 0 Å². The Hall–Kier alpha value is -1.35. The van der Waals surface area contributed by atoms with Crippen molar-refractivity contribution >= 4 is 5.97 Å². The maximum absolute atomic E-state index is 11.0. The second kappa shape index (κ2) is 6.20. The number of hydrogen-bond acceptors (Lipinski definition) is 2. The van der Waals surface area contributed by atoms with E-state index in [0.29, 0.717) is 12.5 Å². The molecule has 0 aliphatic carbocycles. The van der Waals surface area contributed by atoms with E-state index in [-0.39, 0.29) is 5.92 Å². The van der Waals surface area contributed by atoms with Gasteiger partial charge in [-0.25, -0.2) is 0 Å². The predicted octanol–water partition coefficient (Wildman–Crippen LogP) is 3.11. The molecule has 1 saturated heterocycles. The molecular formula is C16H23NO2. The molecule has 0 spiro atoms. The zero-order valence-electron chi connectivity index (χ0n) is 11.8. The molecule has 104 valence electrons. The van der Waals surface area contributed by atoms with Crippen molar-refractivity contribution in [1.82, 2.24) is 4.90 Å². The minimum atomic E-state index is -0.653. The fraction of sp³-hybridized carbons (Fsp3) is 0.562. The van der Waals surface area contributed by atoms with Crippen LogP contribution in [0.3, 0.4) is 0 Å². The Morgan fingerprint density at radius 2 is 2.05 bits per heavy atom. The van der Waals surface area contributed by atoms with E-state index in [1.807, 2.05) is 0 Å². The average molecular weight is 261 g/mol. The molecule has 1 heterocycles. The van der Waals surface area contributed by atoms with Gasteiger partial charge in [-0.15, -0.1) is 0 Å². The van der Waals surface area contributed by atoms with Crippen molar-refractivity contribution in [2.75, 3.05) is 13.1 Å². The van der Waals surface area contributed by atoms with E-state index in [1.165, 1.54) is 11.1 Å². The Morgan fingerprint density at radius 1 is 1.37 bits per heavy atom. The van der Waals surface area contributed by atoms with Gasteiger partial charge in [0.15, 0.2) is 0 Å². The number of hydrogen-bond donors (Lipinski definition) is 1. The first-order valence-electron chi connectivity index (χ1n) is 7.10. The number of aliphatic carboxylic acids is 1. The largest absolute Gasteiger partial charge is 0.481 e. The maximum atomic E-state index is 11.0. The Balaban J connectivity index is 1.95. The van der Waals surface area contributed by atoms with Crippen LogP contribution in [0, 0.1) is 5.92 Å². The molecule has 1 aliphatic rings. The molecule has 2 rings (SSSR count). The van der Waals surface area contributed by atoms with Gasteiger partial charge in [0.1, 0.15) is 0 Å². The number of nitrogens with zero attached hydrogens (tertiary/aromatic N) is 1. The molecule has 0 amide bonds. The monoisotopic (exact) mass is 261 g/mol. The molecule has 1 aromatic rings. The summed E-state index contributed by atoms with van der Waals surface area (Å²) in [4.78, 5) is 13.3. The van der Waals surface area contributed by atoms with Crippen LogP contribution in [-0.4, -0.2) is 29.1 Å². The van der Waals surface area contributed by atoms with Crippen LogP contribution < -0.4 is 0 Å². The molecule has 3 heteroatoms. The van der Waals surface area contributed by atoms with Gasteiger partial charge in [0.05, 0.1) is 5.92 Å². The summed E-state index contributed by atoms with van der Waals surface area (Å²) in [6.07, 6.45) is 1.80. The summed E-state index contributed by atoms with van der Waals surface area (Å²) >= 11 is 0. The first kappa shape index (κ1) is 14.1. The highest BCUT2D eigenvalue weighted by atomic mass is 16.4. The van der Waals surface area contributed by atoms with Gasteiger partial charge < -0.3 is 5.11 Å². The number of carbonyl (C=O) groups is 1. The van der Waals surface area contributed by atoms with Crippen LogP contribution in [0.25, 0.3) is 0 Å². The summed E-state index contributed by atoms with van der Waals surface area (Å²) in [6, 6.07) is 8.69. The Morgan fingerprint density at radius 3 is 2.63 bits per heavy atom. The van der Waals surface area contributed by atoms with Crippen LogP contribution in [0.15, 0.2) is 24.3 Å². The van der Waals surface area contributed by atoms with Gasteiger partial charge in [-0.2, -0.15) is 0 Å². The third-order valence-electron chi connectivity index (χ3n) is 3.91. The van der Waals surface area contributed by atoms with Crippen LogP contribution in [0.2, 0.25) is 0 Å². The third-order valence-corrected chi connectivity index (χ3v) is 3.91. The van der Waals surface area contributed by atoms with Crippen LogP contribution in [-0.2, 0) is 11.3 Å². The van der Waals surface area contributed by atoms with Crippen LogP contribution in [0.5, 0.6) is 0 Å². The molecule has 1 atom stereocenters. The van der Waals surface area contributed by atoms with Crippen molar-refractivity contribution < 1.29 is 9.90 Å². The highest BCUT2D eigenvalue weighted by molar-refractivity contribution is 5.70. The third kappa shape index (κ3) is 3.80. The van der Waals surface area contributed by atoms with Gasteiger partial charge in [0.25, 0.3) is 0 Å². The Labute approximate surface area is 115 Å². The van der Waals surface area contributed by atoms with Gasteiger partial charge in [-0.05, 0) is 36.4 Å². The molecule has 1 aliphatic heterocycles.